The van der Waals surface area contributed by atoms with Crippen LogP contribution in [0.25, 0.3) is 0 Å². The van der Waals surface area contributed by atoms with Crippen LogP contribution in [0.1, 0.15) is 26.2 Å². The molecule has 0 spiro atoms. The van der Waals surface area contributed by atoms with Gasteiger partial charge in [-0.1, -0.05) is 19.8 Å². The Labute approximate surface area is 92.5 Å². The summed E-state index contributed by atoms with van der Waals surface area (Å²) < 4.78 is 0. The smallest absolute Gasteiger partial charge is 0.343 e. The molecule has 0 N–H and O–H groups in total. The standard InChI is InChI=1S/C6H5.C5H11.Mg/c1-2-4-6-5-3-1;1-3-5-4-2;/h1-5H;1,3-5H2,2H3;/q2*-1;+2. The van der Waals surface area contributed by atoms with E-state index < -0.39 is 0 Å². The predicted molar refractivity (Wildman–Crippen MR) is 55.9 cm³/mol. The Kier molecular flexibility index (Phi) is 16.4. The van der Waals surface area contributed by atoms with Crippen LogP contribution in [0.5, 0.6) is 0 Å². The molecule has 0 bridgehead atoms. The van der Waals surface area contributed by atoms with Gasteiger partial charge in [-0.05, 0) is 0 Å². The van der Waals surface area contributed by atoms with Crippen molar-refractivity contribution in [2.45, 2.75) is 26.2 Å². The van der Waals surface area contributed by atoms with Crippen molar-refractivity contribution >= 4 is 23.1 Å². The monoisotopic (exact) mass is 172 g/mol. The summed E-state index contributed by atoms with van der Waals surface area (Å²) in [5, 5.41) is 0. The molecule has 0 aliphatic carbocycles. The molecule has 0 heterocycles. The van der Waals surface area contributed by atoms with Gasteiger partial charge in [0.15, 0.2) is 0 Å². The van der Waals surface area contributed by atoms with Crippen molar-refractivity contribution in [1.82, 2.24) is 0 Å². The van der Waals surface area contributed by atoms with Crippen molar-refractivity contribution in [1.29, 1.82) is 0 Å². The van der Waals surface area contributed by atoms with Gasteiger partial charge >= 0.3 is 23.1 Å². The summed E-state index contributed by atoms with van der Waals surface area (Å²) in [5.41, 5.74) is 0. The molecular formula is C11H16Mg. The molecule has 0 radical (unpaired) electrons. The fourth-order valence-corrected chi connectivity index (χ4v) is 0.592. The Hall–Kier alpha value is -0.0138. The second kappa shape index (κ2) is 13.6. The van der Waals surface area contributed by atoms with Crippen LogP contribution in [0.2, 0.25) is 0 Å². The summed E-state index contributed by atoms with van der Waals surface area (Å²) in [6, 6.07) is 12.5. The Morgan fingerprint density at radius 3 is 1.83 bits per heavy atom. The molecule has 1 heteroatoms. The topological polar surface area (TPSA) is 0 Å². The van der Waals surface area contributed by atoms with E-state index in [-0.39, 0.29) is 23.1 Å². The molecule has 12 heavy (non-hydrogen) atoms. The Morgan fingerprint density at radius 2 is 1.75 bits per heavy atom. The molecule has 0 amide bonds. The number of hydrogen-bond acceptors (Lipinski definition) is 0. The van der Waals surface area contributed by atoms with Crippen LogP contribution in [0.3, 0.4) is 0 Å². The third kappa shape index (κ3) is 12.6. The molecule has 1 aromatic carbocycles. The summed E-state index contributed by atoms with van der Waals surface area (Å²) >= 11 is 0. The van der Waals surface area contributed by atoms with Gasteiger partial charge in [-0.25, -0.2) is 0 Å². The van der Waals surface area contributed by atoms with Gasteiger partial charge in [-0.3, -0.25) is 0 Å². The molecule has 0 unspecified atom stereocenters. The maximum Gasteiger partial charge on any atom is 2.00 e. The van der Waals surface area contributed by atoms with Crippen molar-refractivity contribution < 1.29 is 0 Å². The van der Waals surface area contributed by atoms with Gasteiger partial charge < -0.3 is 6.92 Å². The van der Waals surface area contributed by atoms with E-state index in [0.717, 1.165) is 6.42 Å². The first-order valence-corrected chi connectivity index (χ1v) is 4.12. The zero-order valence-corrected chi connectivity index (χ0v) is 9.34. The van der Waals surface area contributed by atoms with E-state index in [9.17, 15) is 0 Å². The van der Waals surface area contributed by atoms with Crippen LogP contribution >= 0.6 is 0 Å². The summed E-state index contributed by atoms with van der Waals surface area (Å²) in [6.45, 7) is 5.85. The third-order valence-electron chi connectivity index (χ3n) is 1.21. The van der Waals surface area contributed by atoms with Crippen molar-refractivity contribution in [3.8, 4) is 0 Å². The van der Waals surface area contributed by atoms with Gasteiger partial charge in [0.25, 0.3) is 0 Å². The van der Waals surface area contributed by atoms with E-state index in [4.69, 9.17) is 0 Å². The molecule has 0 saturated carbocycles. The van der Waals surface area contributed by atoms with Crippen LogP contribution in [0.15, 0.2) is 30.3 Å². The number of rotatable bonds is 2. The average Bonchev–Trinajstić information content (AvgIpc) is 2.10. The van der Waals surface area contributed by atoms with Crippen molar-refractivity contribution in [2.24, 2.45) is 0 Å². The van der Waals surface area contributed by atoms with E-state index in [0.29, 0.717) is 0 Å². The quantitative estimate of drug-likeness (QED) is 0.475. The van der Waals surface area contributed by atoms with E-state index in [1.54, 1.807) is 0 Å². The Bertz CT molecular complexity index is 108. The van der Waals surface area contributed by atoms with E-state index in [1.807, 2.05) is 30.3 Å². The molecule has 1 rings (SSSR count). The maximum absolute atomic E-state index is 3.68. The van der Waals surface area contributed by atoms with Gasteiger partial charge in [-0.15, -0.1) is 0 Å². The van der Waals surface area contributed by atoms with E-state index in [1.165, 1.54) is 12.8 Å². The van der Waals surface area contributed by atoms with E-state index in [2.05, 4.69) is 19.9 Å². The first kappa shape index (κ1) is 14.5. The van der Waals surface area contributed by atoms with Crippen LogP contribution in [-0.2, 0) is 0 Å². The third-order valence-corrected chi connectivity index (χ3v) is 1.21. The summed E-state index contributed by atoms with van der Waals surface area (Å²) in [5.74, 6) is 0. The Balaban J connectivity index is 0. The molecule has 0 aliphatic heterocycles. The number of unbranched alkanes of at least 4 members (excludes halogenated alkanes) is 2. The molecule has 0 saturated heterocycles. The number of benzene rings is 1. The van der Waals surface area contributed by atoms with Crippen LogP contribution in [0, 0.1) is 13.0 Å². The fourth-order valence-electron chi connectivity index (χ4n) is 0.592. The van der Waals surface area contributed by atoms with Crippen LogP contribution in [0.4, 0.5) is 0 Å². The normalized spacial score (nSPS) is 7.50. The molecule has 1 aromatic rings. The van der Waals surface area contributed by atoms with Crippen molar-refractivity contribution in [3.05, 3.63) is 43.3 Å². The number of hydrogen-bond donors (Lipinski definition) is 0. The van der Waals surface area contributed by atoms with Crippen molar-refractivity contribution in [2.75, 3.05) is 0 Å². The van der Waals surface area contributed by atoms with Crippen LogP contribution < -0.4 is 0 Å². The predicted octanol–water partition coefficient (Wildman–Crippen LogP) is 3.12. The minimum absolute atomic E-state index is 0. The molecule has 0 nitrogen and oxygen atoms in total. The molecule has 0 atom stereocenters. The summed E-state index contributed by atoms with van der Waals surface area (Å²) in [7, 11) is 0. The van der Waals surface area contributed by atoms with E-state index >= 15 is 0 Å². The Morgan fingerprint density at radius 1 is 1.17 bits per heavy atom. The van der Waals surface area contributed by atoms with Gasteiger partial charge in [-0.2, -0.15) is 42.8 Å². The zero-order valence-electron chi connectivity index (χ0n) is 7.92. The first-order chi connectivity index (χ1) is 5.41. The van der Waals surface area contributed by atoms with Crippen LogP contribution in [-0.4, -0.2) is 23.1 Å². The molecule has 0 aromatic heterocycles. The van der Waals surface area contributed by atoms with Crippen molar-refractivity contribution in [3.63, 3.8) is 0 Å². The summed E-state index contributed by atoms with van der Waals surface area (Å²) in [6.07, 6.45) is 3.65. The molecule has 0 fully saturated rings. The van der Waals surface area contributed by atoms with Gasteiger partial charge in [0.1, 0.15) is 0 Å². The average molecular weight is 173 g/mol. The maximum atomic E-state index is 3.68. The second-order valence-electron chi connectivity index (χ2n) is 2.28. The molecule has 62 valence electrons. The molecular weight excluding hydrogens is 156 g/mol. The van der Waals surface area contributed by atoms with Gasteiger partial charge in [0.2, 0.25) is 0 Å². The zero-order chi connectivity index (χ0) is 8.36. The minimum Gasteiger partial charge on any atom is -0.343 e. The SMILES string of the molecule is [CH2-]CCCC.[Mg+2].[c-]1ccccc1. The summed E-state index contributed by atoms with van der Waals surface area (Å²) in [4.78, 5) is 0. The largest absolute Gasteiger partial charge is 2.00 e. The first-order valence-electron chi connectivity index (χ1n) is 4.12. The fraction of sp³-hybridized carbons (Fsp3) is 0.364. The van der Waals surface area contributed by atoms with Gasteiger partial charge in [0.05, 0.1) is 0 Å². The second-order valence-corrected chi connectivity index (χ2v) is 2.28. The molecule has 0 aliphatic rings. The van der Waals surface area contributed by atoms with Gasteiger partial charge in [0, 0.05) is 0 Å². The minimum atomic E-state index is 0.